The van der Waals surface area contributed by atoms with Crippen LogP contribution in [0.25, 0.3) is 0 Å². The second kappa shape index (κ2) is 3.83. The van der Waals surface area contributed by atoms with Crippen molar-refractivity contribution < 1.29 is 5.11 Å². The van der Waals surface area contributed by atoms with Crippen molar-refractivity contribution in [2.45, 2.75) is 19.4 Å². The molecule has 1 atom stereocenters. The average molecular weight is 216 g/mol. The summed E-state index contributed by atoms with van der Waals surface area (Å²) in [6, 6.07) is 1.90. The molecule has 1 heterocycles. The van der Waals surface area contributed by atoms with E-state index >= 15 is 0 Å². The summed E-state index contributed by atoms with van der Waals surface area (Å²) in [5.41, 5.74) is 1.09. The first-order chi connectivity index (χ1) is 5.20. The molecule has 1 aromatic rings. The molecule has 0 fully saturated rings. The van der Waals surface area contributed by atoms with E-state index in [1.54, 1.807) is 19.3 Å². The van der Waals surface area contributed by atoms with Crippen LogP contribution in [0.3, 0.4) is 0 Å². The van der Waals surface area contributed by atoms with Crippen molar-refractivity contribution in [3.8, 4) is 0 Å². The quantitative estimate of drug-likeness (QED) is 0.817. The lowest BCUT2D eigenvalue weighted by Gasteiger charge is -2.04. The van der Waals surface area contributed by atoms with E-state index in [1.165, 1.54) is 0 Å². The van der Waals surface area contributed by atoms with Gasteiger partial charge in [0.05, 0.1) is 6.10 Å². The molecule has 1 unspecified atom stereocenters. The zero-order valence-electron chi connectivity index (χ0n) is 6.29. The molecular formula is C8H10BrNO. The van der Waals surface area contributed by atoms with E-state index in [2.05, 4.69) is 20.9 Å². The molecule has 0 aromatic carbocycles. The number of aliphatic hydroxyl groups is 1. The zero-order valence-corrected chi connectivity index (χ0v) is 7.87. The van der Waals surface area contributed by atoms with Crippen molar-refractivity contribution in [2.24, 2.45) is 0 Å². The highest BCUT2D eigenvalue weighted by molar-refractivity contribution is 9.10. The van der Waals surface area contributed by atoms with Gasteiger partial charge in [0.15, 0.2) is 0 Å². The van der Waals surface area contributed by atoms with Crippen molar-refractivity contribution in [3.05, 3.63) is 28.5 Å². The Kier molecular flexibility index (Phi) is 3.02. The van der Waals surface area contributed by atoms with Gasteiger partial charge in [-0.25, -0.2) is 0 Å². The number of hydrogen-bond donors (Lipinski definition) is 1. The second-order valence-electron chi connectivity index (χ2n) is 2.52. The predicted octanol–water partition coefficient (Wildman–Crippen LogP) is 1.77. The third-order valence-corrected chi connectivity index (χ3v) is 2.09. The van der Waals surface area contributed by atoms with Crippen LogP contribution >= 0.6 is 15.9 Å². The zero-order chi connectivity index (χ0) is 8.27. The molecule has 0 radical (unpaired) electrons. The molecule has 0 spiro atoms. The summed E-state index contributed by atoms with van der Waals surface area (Å²) in [6.45, 7) is 1.77. The number of pyridine rings is 1. The van der Waals surface area contributed by atoms with Gasteiger partial charge in [-0.05, 0) is 40.9 Å². The fraction of sp³-hybridized carbons (Fsp3) is 0.375. The Balaban J connectivity index is 2.78. The highest BCUT2D eigenvalue weighted by Gasteiger charge is 2.01. The first-order valence-electron chi connectivity index (χ1n) is 3.46. The predicted molar refractivity (Wildman–Crippen MR) is 47.3 cm³/mol. The van der Waals surface area contributed by atoms with Gasteiger partial charge < -0.3 is 5.11 Å². The summed E-state index contributed by atoms with van der Waals surface area (Å²) in [5.74, 6) is 0. The topological polar surface area (TPSA) is 33.1 Å². The minimum Gasteiger partial charge on any atom is -0.393 e. The Morgan fingerprint density at radius 2 is 2.45 bits per heavy atom. The largest absolute Gasteiger partial charge is 0.393 e. The Morgan fingerprint density at radius 3 is 3.00 bits per heavy atom. The fourth-order valence-electron chi connectivity index (χ4n) is 0.888. The summed E-state index contributed by atoms with van der Waals surface area (Å²) < 4.78 is 0.959. The maximum Gasteiger partial charge on any atom is 0.0552 e. The van der Waals surface area contributed by atoms with Gasteiger partial charge >= 0.3 is 0 Å². The molecule has 1 N–H and O–H groups in total. The highest BCUT2D eigenvalue weighted by Crippen LogP contribution is 2.15. The van der Waals surface area contributed by atoms with Gasteiger partial charge in [0.2, 0.25) is 0 Å². The molecule has 1 aromatic heterocycles. The molecule has 3 heteroatoms. The Bertz CT molecular complexity index is 237. The van der Waals surface area contributed by atoms with Crippen molar-refractivity contribution in [2.75, 3.05) is 0 Å². The third-order valence-electron chi connectivity index (χ3n) is 1.37. The van der Waals surface area contributed by atoms with Gasteiger partial charge in [0.25, 0.3) is 0 Å². The minimum absolute atomic E-state index is 0.298. The lowest BCUT2D eigenvalue weighted by molar-refractivity contribution is 0.195. The first kappa shape index (κ1) is 8.68. The number of aromatic nitrogens is 1. The SMILES string of the molecule is CC(O)Cc1ccncc1Br. The van der Waals surface area contributed by atoms with Crippen LogP contribution < -0.4 is 0 Å². The maximum absolute atomic E-state index is 9.09. The van der Waals surface area contributed by atoms with Crippen LogP contribution in [0, 0.1) is 0 Å². The Morgan fingerprint density at radius 1 is 1.73 bits per heavy atom. The number of rotatable bonds is 2. The highest BCUT2D eigenvalue weighted by atomic mass is 79.9. The molecule has 0 saturated carbocycles. The van der Waals surface area contributed by atoms with Gasteiger partial charge in [-0.15, -0.1) is 0 Å². The van der Waals surface area contributed by atoms with E-state index in [0.29, 0.717) is 6.42 Å². The van der Waals surface area contributed by atoms with Gasteiger partial charge in [0, 0.05) is 16.9 Å². The van der Waals surface area contributed by atoms with E-state index in [9.17, 15) is 0 Å². The fourth-order valence-corrected chi connectivity index (χ4v) is 1.30. The third kappa shape index (κ3) is 2.60. The monoisotopic (exact) mass is 215 g/mol. The van der Waals surface area contributed by atoms with Crippen molar-refractivity contribution in [3.63, 3.8) is 0 Å². The lowest BCUT2D eigenvalue weighted by atomic mass is 10.1. The molecule has 0 bridgehead atoms. The van der Waals surface area contributed by atoms with Crippen LogP contribution in [0.2, 0.25) is 0 Å². The van der Waals surface area contributed by atoms with Crippen LogP contribution in [0.15, 0.2) is 22.9 Å². The minimum atomic E-state index is -0.298. The molecule has 0 saturated heterocycles. The molecule has 0 amide bonds. The molecular weight excluding hydrogens is 206 g/mol. The second-order valence-corrected chi connectivity index (χ2v) is 3.37. The van der Waals surface area contributed by atoms with Gasteiger partial charge in [-0.1, -0.05) is 0 Å². The van der Waals surface area contributed by atoms with Crippen LogP contribution in [-0.4, -0.2) is 16.2 Å². The van der Waals surface area contributed by atoms with Crippen molar-refractivity contribution in [1.29, 1.82) is 0 Å². The summed E-state index contributed by atoms with van der Waals surface area (Å²) in [6.07, 6.45) is 3.83. The Labute approximate surface area is 74.4 Å². The summed E-state index contributed by atoms with van der Waals surface area (Å²) in [7, 11) is 0. The smallest absolute Gasteiger partial charge is 0.0552 e. The van der Waals surface area contributed by atoms with Crippen molar-refractivity contribution in [1.82, 2.24) is 4.98 Å². The summed E-state index contributed by atoms with van der Waals surface area (Å²) in [5, 5.41) is 9.09. The van der Waals surface area contributed by atoms with E-state index in [4.69, 9.17) is 5.11 Å². The van der Waals surface area contributed by atoms with E-state index in [-0.39, 0.29) is 6.10 Å². The molecule has 60 valence electrons. The van der Waals surface area contributed by atoms with Gasteiger partial charge in [-0.2, -0.15) is 0 Å². The lowest BCUT2D eigenvalue weighted by Crippen LogP contribution is -2.04. The Hall–Kier alpha value is -0.410. The number of hydrogen-bond acceptors (Lipinski definition) is 2. The maximum atomic E-state index is 9.09. The van der Waals surface area contributed by atoms with E-state index in [0.717, 1.165) is 10.0 Å². The van der Waals surface area contributed by atoms with Gasteiger partial charge in [0.1, 0.15) is 0 Å². The summed E-state index contributed by atoms with van der Waals surface area (Å²) in [4.78, 5) is 3.92. The molecule has 2 nitrogen and oxygen atoms in total. The number of nitrogens with zero attached hydrogens (tertiary/aromatic N) is 1. The van der Waals surface area contributed by atoms with Crippen LogP contribution in [0.1, 0.15) is 12.5 Å². The normalized spacial score (nSPS) is 13.0. The van der Waals surface area contributed by atoms with Gasteiger partial charge in [-0.3, -0.25) is 4.98 Å². The van der Waals surface area contributed by atoms with Crippen LogP contribution in [-0.2, 0) is 6.42 Å². The van der Waals surface area contributed by atoms with E-state index in [1.807, 2.05) is 6.07 Å². The van der Waals surface area contributed by atoms with Crippen LogP contribution in [0.5, 0.6) is 0 Å². The summed E-state index contributed by atoms with van der Waals surface area (Å²) >= 11 is 3.35. The molecule has 0 aliphatic carbocycles. The van der Waals surface area contributed by atoms with Crippen LogP contribution in [0.4, 0.5) is 0 Å². The molecule has 11 heavy (non-hydrogen) atoms. The first-order valence-corrected chi connectivity index (χ1v) is 4.26. The molecule has 0 aliphatic rings. The number of aliphatic hydroxyl groups excluding tert-OH is 1. The molecule has 1 rings (SSSR count). The average Bonchev–Trinajstić information content (AvgIpc) is 1.93. The molecule has 0 aliphatic heterocycles. The number of halogens is 1. The standard InChI is InChI=1S/C8H10BrNO/c1-6(11)4-7-2-3-10-5-8(7)9/h2-3,5-6,11H,4H2,1H3. The van der Waals surface area contributed by atoms with E-state index < -0.39 is 0 Å². The van der Waals surface area contributed by atoms with Crippen molar-refractivity contribution >= 4 is 15.9 Å².